The first kappa shape index (κ1) is 40.0. The molecule has 5 aromatic rings. The van der Waals surface area contributed by atoms with Crippen molar-refractivity contribution in [3.05, 3.63) is 106 Å². The van der Waals surface area contributed by atoms with Gasteiger partial charge in [-0.1, -0.05) is 69.2 Å². The Morgan fingerprint density at radius 1 is 0.932 bits per heavy atom. The molecule has 8 rings (SSSR count). The number of rotatable bonds is 9. The summed E-state index contributed by atoms with van der Waals surface area (Å²) in [5, 5.41) is 7.26. The van der Waals surface area contributed by atoms with E-state index in [1.54, 1.807) is 16.4 Å². The van der Waals surface area contributed by atoms with Crippen LogP contribution in [-0.4, -0.2) is 72.0 Å². The number of hydrogen-bond donors (Lipinski definition) is 1. The summed E-state index contributed by atoms with van der Waals surface area (Å²) in [5.74, 6) is -0.588. The molecule has 13 nitrogen and oxygen atoms in total. The molecule has 19 heteroatoms. The van der Waals surface area contributed by atoms with Crippen molar-refractivity contribution in [3.8, 4) is 5.75 Å². The monoisotopic (exact) mass is 839 g/mol. The first-order valence-electron chi connectivity index (χ1n) is 19.4. The van der Waals surface area contributed by atoms with Crippen molar-refractivity contribution in [3.63, 3.8) is 0 Å². The minimum Gasteiger partial charge on any atom is -0.485 e. The number of nitrogens with one attached hydrogen (secondary N) is 1. The van der Waals surface area contributed by atoms with Gasteiger partial charge >= 0.3 is 10.2 Å². The fourth-order valence-electron chi connectivity index (χ4n) is 8.05. The van der Waals surface area contributed by atoms with Gasteiger partial charge in [-0.3, -0.25) is 19.0 Å². The third-order valence-corrected chi connectivity index (χ3v) is 12.2. The predicted octanol–water partition coefficient (Wildman–Crippen LogP) is 8.22. The molecular formula is C40H42F5N9O4S. The highest BCUT2D eigenvalue weighted by Crippen LogP contribution is 3.02. The highest BCUT2D eigenvalue weighted by Gasteiger charge is 2.65. The summed E-state index contributed by atoms with van der Waals surface area (Å²) in [6.07, 6.45) is 8.07. The normalized spacial score (nSPS) is 19.7. The summed E-state index contributed by atoms with van der Waals surface area (Å²) in [4.78, 5) is 57.3. The Labute approximate surface area is 335 Å². The number of fused-ring (bicyclic) bond motifs is 3. The number of amides is 2. The molecule has 3 aromatic heterocycles. The lowest BCUT2D eigenvalue weighted by molar-refractivity contribution is -0.119. The molecule has 5 heterocycles. The minimum atomic E-state index is -9.93. The van der Waals surface area contributed by atoms with Crippen LogP contribution in [0.5, 0.6) is 5.75 Å². The van der Waals surface area contributed by atoms with Crippen LogP contribution in [0.3, 0.4) is 0 Å². The summed E-state index contributed by atoms with van der Waals surface area (Å²) in [7, 11) is -9.93. The molecule has 1 N–H and O–H groups in total. The van der Waals surface area contributed by atoms with Crippen molar-refractivity contribution in [2.75, 3.05) is 36.4 Å². The largest absolute Gasteiger partial charge is 0.485 e. The molecule has 3 aliphatic rings. The van der Waals surface area contributed by atoms with Crippen LogP contribution < -0.4 is 20.5 Å². The Morgan fingerprint density at radius 3 is 2.37 bits per heavy atom. The zero-order chi connectivity index (χ0) is 41.8. The average molecular weight is 840 g/mol. The molecule has 1 saturated heterocycles. The Morgan fingerprint density at radius 2 is 1.66 bits per heavy atom. The Bertz CT molecular complexity index is 2540. The maximum atomic E-state index is 14.6. The second kappa shape index (κ2) is 14.5. The van der Waals surface area contributed by atoms with Gasteiger partial charge in [-0.2, -0.15) is 9.50 Å². The Balaban J connectivity index is 1.10. The summed E-state index contributed by atoms with van der Waals surface area (Å²) >= 11 is 0. The second-order valence-electron chi connectivity index (χ2n) is 15.2. The van der Waals surface area contributed by atoms with Crippen molar-refractivity contribution in [2.24, 2.45) is 0 Å². The lowest BCUT2D eigenvalue weighted by atomic mass is 10.0. The number of aryl methyl sites for hydroxylation is 1. The molecule has 312 valence electrons. The Hall–Kier alpha value is -5.85. The second-order valence-corrected chi connectivity index (χ2v) is 17.6. The van der Waals surface area contributed by atoms with E-state index in [9.17, 15) is 33.8 Å². The first-order chi connectivity index (χ1) is 28.0. The third kappa shape index (κ3) is 7.99. The topological polar surface area (TPSA) is 140 Å². The van der Waals surface area contributed by atoms with Crippen LogP contribution in [0.25, 0.3) is 11.4 Å². The molecule has 1 fully saturated rings. The number of carbonyl (C=O) groups is 2. The fourth-order valence-corrected chi connectivity index (χ4v) is 8.70. The van der Waals surface area contributed by atoms with Crippen LogP contribution >= 0.6 is 10.2 Å². The van der Waals surface area contributed by atoms with Crippen LogP contribution in [0, 0.1) is 6.92 Å². The van der Waals surface area contributed by atoms with Gasteiger partial charge in [-0.15, -0.1) is 5.10 Å². The van der Waals surface area contributed by atoms with E-state index in [2.05, 4.69) is 26.5 Å². The van der Waals surface area contributed by atoms with Crippen LogP contribution in [0.2, 0.25) is 0 Å². The van der Waals surface area contributed by atoms with Crippen LogP contribution in [0.1, 0.15) is 90.7 Å². The summed E-state index contributed by atoms with van der Waals surface area (Å²) < 4.78 is 76.0. The molecular weight excluding hydrogens is 798 g/mol. The van der Waals surface area contributed by atoms with Gasteiger partial charge in [0, 0.05) is 37.8 Å². The van der Waals surface area contributed by atoms with Crippen molar-refractivity contribution < 1.29 is 33.8 Å². The van der Waals surface area contributed by atoms with Gasteiger partial charge in [-0.25, -0.2) is 9.97 Å². The summed E-state index contributed by atoms with van der Waals surface area (Å²) in [5.41, 5.74) is 2.69. The number of hydrogen-bond acceptors (Lipinski definition) is 9. The number of piperazine rings is 1. The minimum absolute atomic E-state index is 0.113. The maximum Gasteiger partial charge on any atom is 0.310 e. The van der Waals surface area contributed by atoms with Gasteiger partial charge in [0.1, 0.15) is 29.6 Å². The van der Waals surface area contributed by atoms with Crippen molar-refractivity contribution in [2.45, 2.75) is 75.8 Å². The predicted molar refractivity (Wildman–Crippen MR) is 213 cm³/mol. The van der Waals surface area contributed by atoms with E-state index in [0.29, 0.717) is 29.3 Å². The van der Waals surface area contributed by atoms with Gasteiger partial charge in [0.25, 0.3) is 11.5 Å². The van der Waals surface area contributed by atoms with E-state index in [1.807, 2.05) is 42.2 Å². The molecule has 0 saturated carbocycles. The van der Waals surface area contributed by atoms with E-state index < -0.39 is 32.6 Å². The van der Waals surface area contributed by atoms with Gasteiger partial charge in [0.15, 0.2) is 17.3 Å². The summed E-state index contributed by atoms with van der Waals surface area (Å²) in [6, 6.07) is 10.6. The molecule has 2 aliphatic heterocycles. The number of aromatic nitrogens is 6. The van der Waals surface area contributed by atoms with E-state index in [0.717, 1.165) is 49.0 Å². The first-order valence-corrected chi connectivity index (χ1v) is 21.3. The number of nitrogens with zero attached hydrogens (tertiary/aromatic N) is 8. The average Bonchev–Trinajstić information content (AvgIpc) is 3.68. The lowest BCUT2D eigenvalue weighted by Gasteiger charge is -2.40. The molecule has 1 aliphatic carbocycles. The van der Waals surface area contributed by atoms with Crippen LogP contribution in [-0.2, 0) is 11.4 Å². The highest BCUT2D eigenvalue weighted by molar-refractivity contribution is 8.45. The molecule has 0 radical (unpaired) electrons. The van der Waals surface area contributed by atoms with E-state index in [1.165, 1.54) is 10.8 Å². The zero-order valence-electron chi connectivity index (χ0n) is 32.3. The highest BCUT2D eigenvalue weighted by atomic mass is 32.5. The molecule has 2 aromatic carbocycles. The fraction of sp³-hybridized carbons (Fsp3) is 0.375. The SMILES string of the molecule is Cc1ncnc(C(=O)N2CCN(c3c4n(c5nc(C6=CCCCCC6)nn5c3=O)[C@@H](C(=O)Nc3ccc(S(F)(F)(F)(F)F)cc3)C[C@H]4C)CC2)c1OCc1ccccc1. The van der Waals surface area contributed by atoms with Gasteiger partial charge in [0.05, 0.1) is 11.4 Å². The standard InChI is InChI=1S/C40H42F5N9O4S/c1-25-22-31(37(55)48-29-14-16-30(17-15-29)59(41,42,43,44)45)53-33(25)34(39(57)54-40(53)49-36(50-54)28-12-8-3-4-9-13-28)51-18-20-52(21-19-51)38(56)32-35(26(2)46-24-47-32)58-23-27-10-6-5-7-11-27/h5-7,10-12,14-17,24-25,31H,3-4,8-9,13,18-23H2,1-2H3,(H,48,55)/t25-,31-/m1/s1. The third-order valence-electron chi connectivity index (χ3n) is 11.0. The van der Waals surface area contributed by atoms with E-state index >= 15 is 0 Å². The molecule has 2 amide bonds. The number of benzene rings is 2. The number of allylic oxidation sites excluding steroid dienone is 2. The van der Waals surface area contributed by atoms with Gasteiger partial charge < -0.3 is 19.9 Å². The zero-order valence-corrected chi connectivity index (χ0v) is 33.1. The molecule has 0 bridgehead atoms. The molecule has 0 unspecified atom stereocenters. The number of ether oxygens (including phenoxy) is 1. The molecule has 0 spiro atoms. The van der Waals surface area contributed by atoms with Crippen LogP contribution in [0.4, 0.5) is 30.8 Å². The van der Waals surface area contributed by atoms with Gasteiger partial charge in [0.2, 0.25) is 11.7 Å². The molecule has 59 heavy (non-hydrogen) atoms. The quantitative estimate of drug-likeness (QED) is 0.146. The number of carbonyl (C=O) groups excluding carboxylic acids is 2. The smallest absolute Gasteiger partial charge is 0.310 e. The van der Waals surface area contributed by atoms with Crippen molar-refractivity contribution >= 4 is 44.8 Å². The van der Waals surface area contributed by atoms with Gasteiger partial charge in [-0.05, 0) is 74.4 Å². The van der Waals surface area contributed by atoms with E-state index in [-0.39, 0.29) is 86.1 Å². The molecule has 2 atom stereocenters. The summed E-state index contributed by atoms with van der Waals surface area (Å²) in [6.45, 7) is 4.75. The number of halogens is 5. The Kier molecular flexibility index (Phi) is 9.79. The lowest BCUT2D eigenvalue weighted by Crippen LogP contribution is -2.51. The van der Waals surface area contributed by atoms with Crippen LogP contribution in [0.15, 0.2) is 76.7 Å². The van der Waals surface area contributed by atoms with Crippen molar-refractivity contribution in [1.82, 2.24) is 34.0 Å². The maximum absolute atomic E-state index is 14.6. The van der Waals surface area contributed by atoms with E-state index in [4.69, 9.17) is 9.72 Å². The number of anilines is 2. The van der Waals surface area contributed by atoms with Crippen molar-refractivity contribution in [1.29, 1.82) is 0 Å².